The molecule has 180 valence electrons. The first-order chi connectivity index (χ1) is 16.5. The van der Waals surface area contributed by atoms with Gasteiger partial charge in [0.15, 0.2) is 5.82 Å². The number of ether oxygens (including phenoxy) is 1. The van der Waals surface area contributed by atoms with Crippen LogP contribution >= 0.6 is 0 Å². The number of hydrogen-bond acceptors (Lipinski definition) is 8. The van der Waals surface area contributed by atoms with Crippen LogP contribution in [-0.2, 0) is 6.54 Å². The maximum Gasteiger partial charge on any atom is 0.222 e. The number of anilines is 2. The summed E-state index contributed by atoms with van der Waals surface area (Å²) < 4.78 is 7.66. The summed E-state index contributed by atoms with van der Waals surface area (Å²) in [6.45, 7) is 3.63. The molecule has 0 radical (unpaired) electrons. The van der Waals surface area contributed by atoms with Crippen molar-refractivity contribution < 1.29 is 4.74 Å². The molecule has 4 heterocycles. The number of nitrogens with zero attached hydrogens (tertiary/aromatic N) is 6. The number of nitrogens with two attached hydrogens (primary N) is 1. The second-order valence-corrected chi connectivity index (χ2v) is 10.6. The van der Waals surface area contributed by atoms with E-state index in [4.69, 9.17) is 15.5 Å². The largest absolute Gasteiger partial charge is 0.495 e. The van der Waals surface area contributed by atoms with Crippen molar-refractivity contribution in [1.29, 1.82) is 0 Å². The quantitative estimate of drug-likeness (QED) is 0.551. The topological polar surface area (TPSA) is 107 Å². The van der Waals surface area contributed by atoms with Gasteiger partial charge in [0.1, 0.15) is 22.5 Å². The van der Waals surface area contributed by atoms with Crippen LogP contribution in [0.25, 0.3) is 11.0 Å². The fourth-order valence-corrected chi connectivity index (χ4v) is 5.89. The molecular formula is C25H34N8O. The van der Waals surface area contributed by atoms with E-state index in [1.807, 2.05) is 10.9 Å². The van der Waals surface area contributed by atoms with E-state index in [0.29, 0.717) is 23.8 Å². The van der Waals surface area contributed by atoms with Gasteiger partial charge in [-0.05, 0) is 87.5 Å². The van der Waals surface area contributed by atoms with Crippen LogP contribution in [0.4, 0.5) is 11.8 Å². The molecule has 3 aromatic heterocycles. The summed E-state index contributed by atoms with van der Waals surface area (Å²) >= 11 is 0. The SMILES string of the molecule is COc1cc(C2CCN(C)CC2)cnc1Cn1ncc2nc(N)nc(NCC3CC4(CC4)C3)c21. The molecule has 2 saturated carbocycles. The molecule has 34 heavy (non-hydrogen) atoms. The van der Waals surface area contributed by atoms with Gasteiger partial charge in [0.05, 0.1) is 19.9 Å². The molecule has 1 aliphatic heterocycles. The third-order valence-corrected chi connectivity index (χ3v) is 8.13. The summed E-state index contributed by atoms with van der Waals surface area (Å²) in [6, 6.07) is 2.15. The highest BCUT2D eigenvalue weighted by atomic mass is 16.5. The lowest BCUT2D eigenvalue weighted by atomic mass is 9.72. The van der Waals surface area contributed by atoms with E-state index in [2.05, 4.69) is 38.4 Å². The van der Waals surface area contributed by atoms with Crippen molar-refractivity contribution in [2.24, 2.45) is 11.3 Å². The Kier molecular flexibility index (Phi) is 5.32. The number of piperidine rings is 1. The standard InChI is InChI=1S/C25H34N8O/c1-32-7-3-17(4-8-32)18-9-21(34-2)20(27-13-18)15-33-22-19(14-29-33)30-24(26)31-23(22)28-12-16-10-25(11-16)5-6-25/h9,13-14,16-17H,3-8,10-12,15H2,1-2H3,(H3,26,28,30,31). The maximum absolute atomic E-state index is 6.00. The Morgan fingerprint density at radius 1 is 1.18 bits per heavy atom. The Balaban J connectivity index is 1.23. The van der Waals surface area contributed by atoms with Gasteiger partial charge >= 0.3 is 0 Å². The summed E-state index contributed by atoms with van der Waals surface area (Å²) in [5.74, 6) is 3.05. The molecule has 3 fully saturated rings. The number of hydrogen-bond donors (Lipinski definition) is 2. The number of rotatable bonds is 7. The van der Waals surface area contributed by atoms with E-state index in [0.717, 1.165) is 60.8 Å². The smallest absolute Gasteiger partial charge is 0.222 e. The zero-order valence-electron chi connectivity index (χ0n) is 20.1. The fourth-order valence-electron chi connectivity index (χ4n) is 5.89. The number of fused-ring (bicyclic) bond motifs is 1. The van der Waals surface area contributed by atoms with Crippen molar-refractivity contribution in [2.45, 2.75) is 51.0 Å². The van der Waals surface area contributed by atoms with E-state index in [9.17, 15) is 0 Å². The van der Waals surface area contributed by atoms with E-state index in [-0.39, 0.29) is 5.95 Å². The van der Waals surface area contributed by atoms with Gasteiger partial charge in [-0.3, -0.25) is 9.67 Å². The van der Waals surface area contributed by atoms with Crippen molar-refractivity contribution in [3.63, 3.8) is 0 Å². The van der Waals surface area contributed by atoms with Crippen LogP contribution in [-0.4, -0.2) is 63.4 Å². The number of aromatic nitrogens is 5. The molecule has 0 bridgehead atoms. The molecule has 3 N–H and O–H groups in total. The fraction of sp³-hybridized carbons (Fsp3) is 0.600. The molecule has 1 saturated heterocycles. The molecule has 3 aromatic rings. The van der Waals surface area contributed by atoms with Crippen molar-refractivity contribution >= 4 is 22.8 Å². The van der Waals surface area contributed by atoms with Crippen molar-refractivity contribution in [2.75, 3.05) is 44.8 Å². The molecule has 0 amide bonds. The predicted octanol–water partition coefficient (Wildman–Crippen LogP) is 3.27. The highest BCUT2D eigenvalue weighted by molar-refractivity contribution is 5.86. The lowest BCUT2D eigenvalue weighted by Crippen LogP contribution is -2.31. The summed E-state index contributed by atoms with van der Waals surface area (Å²) in [6.07, 6.45) is 11.5. The van der Waals surface area contributed by atoms with Gasteiger partial charge in [0.2, 0.25) is 5.95 Å². The third kappa shape index (κ3) is 4.06. The van der Waals surface area contributed by atoms with Crippen LogP contribution in [0.3, 0.4) is 0 Å². The lowest BCUT2D eigenvalue weighted by molar-refractivity contribution is 0.180. The Morgan fingerprint density at radius 3 is 2.71 bits per heavy atom. The Labute approximate surface area is 200 Å². The second-order valence-electron chi connectivity index (χ2n) is 10.6. The number of nitrogen functional groups attached to an aromatic ring is 1. The second kappa shape index (κ2) is 8.37. The zero-order chi connectivity index (χ0) is 23.3. The molecular weight excluding hydrogens is 428 g/mol. The third-order valence-electron chi connectivity index (χ3n) is 8.13. The van der Waals surface area contributed by atoms with Gasteiger partial charge in [-0.2, -0.15) is 10.1 Å². The van der Waals surface area contributed by atoms with Crippen molar-refractivity contribution in [3.8, 4) is 5.75 Å². The van der Waals surface area contributed by atoms with Crippen LogP contribution in [0.15, 0.2) is 18.5 Å². The van der Waals surface area contributed by atoms with E-state index in [1.54, 1.807) is 13.3 Å². The number of likely N-dealkylation sites (tertiary alicyclic amines) is 1. The van der Waals surface area contributed by atoms with Crippen LogP contribution in [0.1, 0.15) is 55.7 Å². The Hall–Kier alpha value is -2.94. The highest BCUT2D eigenvalue weighted by Gasteiger charge is 2.52. The molecule has 3 aliphatic rings. The molecule has 0 unspecified atom stereocenters. The van der Waals surface area contributed by atoms with Gasteiger partial charge in [-0.15, -0.1) is 0 Å². The van der Waals surface area contributed by atoms with Crippen LogP contribution in [0.2, 0.25) is 0 Å². The molecule has 9 nitrogen and oxygen atoms in total. The van der Waals surface area contributed by atoms with Gasteiger partial charge in [-0.25, -0.2) is 4.98 Å². The van der Waals surface area contributed by atoms with Gasteiger partial charge in [0, 0.05) is 12.7 Å². The predicted molar refractivity (Wildman–Crippen MR) is 132 cm³/mol. The Bertz CT molecular complexity index is 1190. The molecule has 2 aliphatic carbocycles. The van der Waals surface area contributed by atoms with E-state index >= 15 is 0 Å². The average Bonchev–Trinajstić information content (AvgIpc) is 3.52. The zero-order valence-corrected chi connectivity index (χ0v) is 20.1. The van der Waals surface area contributed by atoms with Gasteiger partial charge < -0.3 is 20.7 Å². The van der Waals surface area contributed by atoms with Crippen LogP contribution in [0.5, 0.6) is 5.75 Å². The highest BCUT2D eigenvalue weighted by Crippen LogP contribution is 2.63. The average molecular weight is 463 g/mol. The lowest BCUT2D eigenvalue weighted by Gasteiger charge is -2.36. The first kappa shape index (κ1) is 21.6. The summed E-state index contributed by atoms with van der Waals surface area (Å²) in [4.78, 5) is 16.1. The molecule has 1 spiro atoms. The maximum atomic E-state index is 6.00. The normalized spacial score (nSPS) is 20.5. The van der Waals surface area contributed by atoms with Crippen LogP contribution < -0.4 is 15.8 Å². The number of nitrogens with one attached hydrogen (secondary N) is 1. The van der Waals surface area contributed by atoms with E-state index < -0.39 is 0 Å². The molecule has 0 atom stereocenters. The number of methoxy groups -OCH3 is 1. The molecule has 6 rings (SSSR count). The minimum Gasteiger partial charge on any atom is -0.495 e. The summed E-state index contributed by atoms with van der Waals surface area (Å²) in [7, 11) is 3.89. The monoisotopic (exact) mass is 462 g/mol. The molecule has 9 heteroatoms. The minimum absolute atomic E-state index is 0.264. The van der Waals surface area contributed by atoms with E-state index in [1.165, 1.54) is 31.2 Å². The van der Waals surface area contributed by atoms with Crippen molar-refractivity contribution in [3.05, 3.63) is 29.7 Å². The van der Waals surface area contributed by atoms with Gasteiger partial charge in [0.25, 0.3) is 0 Å². The summed E-state index contributed by atoms with van der Waals surface area (Å²) in [5.41, 5.74) is 10.4. The first-order valence-corrected chi connectivity index (χ1v) is 12.5. The van der Waals surface area contributed by atoms with Gasteiger partial charge in [-0.1, -0.05) is 0 Å². The number of pyridine rings is 1. The van der Waals surface area contributed by atoms with Crippen molar-refractivity contribution in [1.82, 2.24) is 29.6 Å². The van der Waals surface area contributed by atoms with Crippen LogP contribution in [0, 0.1) is 11.3 Å². The summed E-state index contributed by atoms with van der Waals surface area (Å²) in [5, 5.41) is 8.15. The Morgan fingerprint density at radius 2 is 1.97 bits per heavy atom. The minimum atomic E-state index is 0.264. The first-order valence-electron chi connectivity index (χ1n) is 12.5. The molecule has 0 aromatic carbocycles.